The highest BCUT2D eigenvalue weighted by Crippen LogP contribution is 2.27. The standard InChI is InChI=1S/C18H24N2O5/c1-19-17(22)13-2-4-14(5-3-13)25-15-10-16(21)20(18(15)23)11-12-6-8-24-9-7-12/h2-5,10,12,16,18,21,23H,6-9,11H2,1H3,(H,19,22). The minimum atomic E-state index is -0.989. The first kappa shape index (κ1) is 17.9. The number of amides is 1. The van der Waals surface area contributed by atoms with Crippen LogP contribution in [0.25, 0.3) is 0 Å². The zero-order valence-corrected chi connectivity index (χ0v) is 14.2. The van der Waals surface area contributed by atoms with Crippen LogP contribution in [0.5, 0.6) is 5.75 Å². The molecule has 2 unspecified atom stereocenters. The largest absolute Gasteiger partial charge is 0.458 e. The van der Waals surface area contributed by atoms with E-state index in [1.807, 2.05) is 0 Å². The average molecular weight is 348 g/mol. The molecular weight excluding hydrogens is 324 g/mol. The lowest BCUT2D eigenvalue weighted by atomic mass is 10.00. The Balaban J connectivity index is 1.61. The summed E-state index contributed by atoms with van der Waals surface area (Å²) in [6.07, 6.45) is 1.49. The predicted molar refractivity (Wildman–Crippen MR) is 90.8 cm³/mol. The number of carbonyl (C=O) groups is 1. The quantitative estimate of drug-likeness (QED) is 0.725. The van der Waals surface area contributed by atoms with Crippen LogP contribution in [0, 0.1) is 5.92 Å². The highest BCUT2D eigenvalue weighted by molar-refractivity contribution is 5.94. The molecule has 1 saturated heterocycles. The van der Waals surface area contributed by atoms with Gasteiger partial charge < -0.3 is 25.0 Å². The van der Waals surface area contributed by atoms with Crippen molar-refractivity contribution in [2.24, 2.45) is 5.92 Å². The van der Waals surface area contributed by atoms with Gasteiger partial charge in [-0.25, -0.2) is 4.90 Å². The van der Waals surface area contributed by atoms with E-state index < -0.39 is 12.5 Å². The summed E-state index contributed by atoms with van der Waals surface area (Å²) in [5, 5.41) is 23.2. The number of aliphatic hydroxyl groups is 2. The molecule has 25 heavy (non-hydrogen) atoms. The zero-order valence-electron chi connectivity index (χ0n) is 14.2. The number of carbonyl (C=O) groups excluding carboxylic acids is 1. The van der Waals surface area contributed by atoms with Crippen LogP contribution in [-0.2, 0) is 4.74 Å². The Kier molecular flexibility index (Phi) is 5.70. The van der Waals surface area contributed by atoms with Gasteiger partial charge in [0.05, 0.1) is 0 Å². The Morgan fingerprint density at radius 2 is 1.96 bits per heavy atom. The van der Waals surface area contributed by atoms with Gasteiger partial charge in [-0.3, -0.25) is 4.79 Å². The second-order valence-electron chi connectivity index (χ2n) is 6.31. The second-order valence-corrected chi connectivity index (χ2v) is 6.31. The van der Waals surface area contributed by atoms with Gasteiger partial charge in [0.1, 0.15) is 17.7 Å². The number of hydrogen-bond donors (Lipinski definition) is 3. The molecule has 0 bridgehead atoms. The van der Waals surface area contributed by atoms with E-state index in [0.29, 0.717) is 29.5 Å². The van der Waals surface area contributed by atoms with Gasteiger partial charge in [-0.1, -0.05) is 0 Å². The second kappa shape index (κ2) is 7.97. The molecule has 0 radical (unpaired) electrons. The molecule has 0 aromatic heterocycles. The van der Waals surface area contributed by atoms with E-state index >= 15 is 0 Å². The summed E-state index contributed by atoms with van der Waals surface area (Å²) in [6, 6.07) is 6.61. The maximum Gasteiger partial charge on any atom is 0.251 e. The fraction of sp³-hybridized carbons (Fsp3) is 0.500. The van der Waals surface area contributed by atoms with Gasteiger partial charge in [0.25, 0.3) is 5.91 Å². The monoisotopic (exact) mass is 348 g/mol. The molecule has 1 fully saturated rings. The summed E-state index contributed by atoms with van der Waals surface area (Å²) in [7, 11) is 1.57. The van der Waals surface area contributed by atoms with E-state index in [-0.39, 0.29) is 5.91 Å². The summed E-state index contributed by atoms with van der Waals surface area (Å²) < 4.78 is 11.0. The SMILES string of the molecule is CNC(=O)c1ccc(OC2=CC(O)N(CC3CCOCC3)C2O)cc1. The van der Waals surface area contributed by atoms with Crippen LogP contribution in [0.3, 0.4) is 0 Å². The van der Waals surface area contributed by atoms with Crippen molar-refractivity contribution in [1.29, 1.82) is 0 Å². The van der Waals surface area contributed by atoms with Gasteiger partial charge in [-0.05, 0) is 43.0 Å². The smallest absolute Gasteiger partial charge is 0.251 e. The van der Waals surface area contributed by atoms with E-state index in [4.69, 9.17) is 9.47 Å². The first-order chi connectivity index (χ1) is 12.1. The van der Waals surface area contributed by atoms with E-state index in [2.05, 4.69) is 5.32 Å². The molecule has 1 amide bonds. The molecule has 0 spiro atoms. The molecule has 0 aliphatic carbocycles. The molecule has 2 aliphatic heterocycles. The molecule has 136 valence electrons. The molecule has 2 aliphatic rings. The number of benzene rings is 1. The number of aliphatic hydroxyl groups excluding tert-OH is 2. The molecule has 2 atom stereocenters. The van der Waals surface area contributed by atoms with Crippen LogP contribution in [-0.4, -0.2) is 60.3 Å². The average Bonchev–Trinajstić information content (AvgIpc) is 2.90. The molecule has 7 heteroatoms. The Morgan fingerprint density at radius 1 is 1.28 bits per heavy atom. The topological polar surface area (TPSA) is 91.3 Å². The third-order valence-electron chi connectivity index (χ3n) is 4.61. The fourth-order valence-corrected chi connectivity index (χ4v) is 3.11. The van der Waals surface area contributed by atoms with Gasteiger partial charge >= 0.3 is 0 Å². The van der Waals surface area contributed by atoms with Crippen LogP contribution in [0.2, 0.25) is 0 Å². The zero-order chi connectivity index (χ0) is 17.8. The molecule has 2 heterocycles. The molecule has 0 saturated carbocycles. The van der Waals surface area contributed by atoms with Crippen molar-refractivity contribution in [3.05, 3.63) is 41.7 Å². The van der Waals surface area contributed by atoms with Crippen molar-refractivity contribution >= 4 is 5.91 Å². The van der Waals surface area contributed by atoms with Gasteiger partial charge in [-0.2, -0.15) is 0 Å². The van der Waals surface area contributed by atoms with Gasteiger partial charge in [0, 0.05) is 38.4 Å². The highest BCUT2D eigenvalue weighted by atomic mass is 16.5. The van der Waals surface area contributed by atoms with E-state index in [0.717, 1.165) is 26.1 Å². The number of rotatable bonds is 5. The highest BCUT2D eigenvalue weighted by Gasteiger charge is 2.35. The summed E-state index contributed by atoms with van der Waals surface area (Å²) in [4.78, 5) is 13.2. The van der Waals surface area contributed by atoms with Gasteiger partial charge in [-0.15, -0.1) is 0 Å². The Morgan fingerprint density at radius 3 is 2.60 bits per heavy atom. The van der Waals surface area contributed by atoms with Crippen LogP contribution in [0.4, 0.5) is 0 Å². The lowest BCUT2D eigenvalue weighted by Crippen LogP contribution is -2.42. The normalized spacial score (nSPS) is 24.8. The van der Waals surface area contributed by atoms with Crippen molar-refractivity contribution in [1.82, 2.24) is 10.2 Å². The Hall–Kier alpha value is -1.93. The first-order valence-corrected chi connectivity index (χ1v) is 8.50. The van der Waals surface area contributed by atoms with Crippen molar-refractivity contribution in [3.63, 3.8) is 0 Å². The van der Waals surface area contributed by atoms with Crippen LogP contribution < -0.4 is 10.1 Å². The maximum absolute atomic E-state index is 11.5. The molecule has 3 rings (SSSR count). The third kappa shape index (κ3) is 4.19. The molecule has 1 aromatic rings. The first-order valence-electron chi connectivity index (χ1n) is 8.50. The summed E-state index contributed by atoms with van der Waals surface area (Å²) in [5.41, 5.74) is 0.525. The van der Waals surface area contributed by atoms with Crippen molar-refractivity contribution in [2.45, 2.75) is 25.3 Å². The van der Waals surface area contributed by atoms with Crippen LogP contribution in [0.1, 0.15) is 23.2 Å². The van der Waals surface area contributed by atoms with Crippen LogP contribution >= 0.6 is 0 Å². The number of hydrogen-bond acceptors (Lipinski definition) is 6. The summed E-state index contributed by atoms with van der Waals surface area (Å²) >= 11 is 0. The van der Waals surface area contributed by atoms with E-state index in [9.17, 15) is 15.0 Å². The molecule has 1 aromatic carbocycles. The van der Waals surface area contributed by atoms with E-state index in [1.165, 1.54) is 6.08 Å². The van der Waals surface area contributed by atoms with Crippen molar-refractivity contribution in [2.75, 3.05) is 26.8 Å². The number of nitrogens with one attached hydrogen (secondary N) is 1. The van der Waals surface area contributed by atoms with E-state index in [1.54, 1.807) is 36.2 Å². The Bertz CT molecular complexity index is 625. The van der Waals surface area contributed by atoms with Gasteiger partial charge in [0.2, 0.25) is 0 Å². The third-order valence-corrected chi connectivity index (χ3v) is 4.61. The minimum absolute atomic E-state index is 0.176. The predicted octanol–water partition coefficient (Wildman–Crippen LogP) is 0.688. The minimum Gasteiger partial charge on any atom is -0.458 e. The molecule has 3 N–H and O–H groups in total. The van der Waals surface area contributed by atoms with Crippen LogP contribution in [0.15, 0.2) is 36.1 Å². The number of nitrogens with zero attached hydrogens (tertiary/aromatic N) is 1. The molecule has 7 nitrogen and oxygen atoms in total. The lowest BCUT2D eigenvalue weighted by molar-refractivity contribution is -0.0691. The Labute approximate surface area is 146 Å². The van der Waals surface area contributed by atoms with Crippen molar-refractivity contribution < 1.29 is 24.5 Å². The maximum atomic E-state index is 11.5. The molecular formula is C18H24N2O5. The lowest BCUT2D eigenvalue weighted by Gasteiger charge is -2.31. The summed E-state index contributed by atoms with van der Waals surface area (Å²) in [5.74, 6) is 1.01. The summed E-state index contributed by atoms with van der Waals surface area (Å²) in [6.45, 7) is 2.03. The fourth-order valence-electron chi connectivity index (χ4n) is 3.11. The van der Waals surface area contributed by atoms with Crippen molar-refractivity contribution in [3.8, 4) is 5.75 Å². The number of ether oxygens (including phenoxy) is 2. The van der Waals surface area contributed by atoms with Gasteiger partial charge in [0.15, 0.2) is 6.23 Å².